The van der Waals surface area contributed by atoms with Gasteiger partial charge < -0.3 is 10.1 Å². The van der Waals surface area contributed by atoms with Crippen LogP contribution in [-0.2, 0) is 4.74 Å². The lowest BCUT2D eigenvalue weighted by Crippen LogP contribution is -2.19. The van der Waals surface area contributed by atoms with E-state index in [9.17, 15) is 0 Å². The van der Waals surface area contributed by atoms with Crippen molar-refractivity contribution in [1.82, 2.24) is 5.32 Å². The molecular weight excluding hydrogens is 210 g/mol. The van der Waals surface area contributed by atoms with Crippen LogP contribution in [0.2, 0.25) is 0 Å². The van der Waals surface area contributed by atoms with E-state index in [2.05, 4.69) is 43.4 Å². The quantitative estimate of drug-likeness (QED) is 0.699. The molecule has 0 saturated heterocycles. The SMILES string of the molecule is CCCOCCC(CNC)c1cccc(C)c1. The molecule has 1 aromatic carbocycles. The largest absolute Gasteiger partial charge is 0.381 e. The van der Waals surface area contributed by atoms with Crippen molar-refractivity contribution in [3.8, 4) is 0 Å². The van der Waals surface area contributed by atoms with Crippen molar-refractivity contribution in [2.24, 2.45) is 0 Å². The second kappa shape index (κ2) is 8.26. The molecule has 0 fully saturated rings. The van der Waals surface area contributed by atoms with Gasteiger partial charge in [-0.15, -0.1) is 0 Å². The summed E-state index contributed by atoms with van der Waals surface area (Å²) in [6.07, 6.45) is 2.19. The fourth-order valence-corrected chi connectivity index (χ4v) is 2.03. The molecule has 96 valence electrons. The molecule has 0 aliphatic rings. The summed E-state index contributed by atoms with van der Waals surface area (Å²) in [5.41, 5.74) is 2.75. The van der Waals surface area contributed by atoms with Crippen molar-refractivity contribution < 1.29 is 4.74 Å². The molecule has 0 amide bonds. The lowest BCUT2D eigenvalue weighted by atomic mass is 9.95. The van der Waals surface area contributed by atoms with Crippen LogP contribution in [0.25, 0.3) is 0 Å². The summed E-state index contributed by atoms with van der Waals surface area (Å²) in [5, 5.41) is 3.27. The molecule has 0 bridgehead atoms. The molecule has 2 heteroatoms. The molecule has 1 rings (SSSR count). The minimum absolute atomic E-state index is 0.553. The first-order valence-electron chi connectivity index (χ1n) is 6.56. The molecule has 0 saturated carbocycles. The van der Waals surface area contributed by atoms with Crippen LogP contribution in [0.5, 0.6) is 0 Å². The van der Waals surface area contributed by atoms with Gasteiger partial charge in [0, 0.05) is 19.8 Å². The predicted octanol–water partition coefficient (Wildman–Crippen LogP) is 3.11. The van der Waals surface area contributed by atoms with Gasteiger partial charge in [0.15, 0.2) is 0 Å². The smallest absolute Gasteiger partial charge is 0.0472 e. The number of nitrogens with one attached hydrogen (secondary N) is 1. The van der Waals surface area contributed by atoms with Crippen molar-refractivity contribution >= 4 is 0 Å². The molecule has 0 aliphatic heterocycles. The van der Waals surface area contributed by atoms with Gasteiger partial charge >= 0.3 is 0 Å². The van der Waals surface area contributed by atoms with Crippen LogP contribution in [0, 0.1) is 6.92 Å². The maximum absolute atomic E-state index is 5.58. The highest BCUT2D eigenvalue weighted by Crippen LogP contribution is 2.20. The lowest BCUT2D eigenvalue weighted by Gasteiger charge is -2.17. The van der Waals surface area contributed by atoms with Gasteiger partial charge in [-0.2, -0.15) is 0 Å². The summed E-state index contributed by atoms with van der Waals surface area (Å²) in [4.78, 5) is 0. The summed E-state index contributed by atoms with van der Waals surface area (Å²) < 4.78 is 5.58. The van der Waals surface area contributed by atoms with Gasteiger partial charge in [0.25, 0.3) is 0 Å². The zero-order chi connectivity index (χ0) is 12.5. The molecule has 1 atom stereocenters. The first-order chi connectivity index (χ1) is 8.27. The number of likely N-dealkylation sites (N-methyl/N-ethyl adjacent to an activating group) is 1. The Bertz CT molecular complexity index is 312. The summed E-state index contributed by atoms with van der Waals surface area (Å²) in [7, 11) is 2.01. The van der Waals surface area contributed by atoms with Gasteiger partial charge in [-0.05, 0) is 38.3 Å². The topological polar surface area (TPSA) is 21.3 Å². The third-order valence-electron chi connectivity index (χ3n) is 2.92. The van der Waals surface area contributed by atoms with Crippen molar-refractivity contribution in [3.05, 3.63) is 35.4 Å². The third kappa shape index (κ3) is 5.33. The minimum atomic E-state index is 0.553. The fourth-order valence-electron chi connectivity index (χ4n) is 2.03. The van der Waals surface area contributed by atoms with E-state index < -0.39 is 0 Å². The zero-order valence-corrected chi connectivity index (χ0v) is 11.3. The van der Waals surface area contributed by atoms with E-state index in [1.165, 1.54) is 11.1 Å². The van der Waals surface area contributed by atoms with E-state index >= 15 is 0 Å². The number of ether oxygens (including phenoxy) is 1. The van der Waals surface area contributed by atoms with Gasteiger partial charge in [0.2, 0.25) is 0 Å². The standard InChI is InChI=1S/C15H25NO/c1-4-9-17-10-8-15(12-16-3)14-7-5-6-13(2)11-14/h5-7,11,15-16H,4,8-10,12H2,1-3H3. The summed E-state index contributed by atoms with van der Waals surface area (Å²) in [6, 6.07) is 8.78. The Kier molecular flexibility index (Phi) is 6.90. The average Bonchev–Trinajstić information content (AvgIpc) is 2.33. The molecule has 2 nitrogen and oxygen atoms in total. The van der Waals surface area contributed by atoms with Crippen molar-refractivity contribution in [2.75, 3.05) is 26.8 Å². The Labute approximate surface area is 105 Å². The second-order valence-electron chi connectivity index (χ2n) is 4.57. The van der Waals surface area contributed by atoms with Crippen LogP contribution in [0.15, 0.2) is 24.3 Å². The van der Waals surface area contributed by atoms with Crippen molar-refractivity contribution in [2.45, 2.75) is 32.6 Å². The Morgan fingerprint density at radius 1 is 1.29 bits per heavy atom. The Hall–Kier alpha value is -0.860. The van der Waals surface area contributed by atoms with E-state index in [0.29, 0.717) is 5.92 Å². The Balaban J connectivity index is 2.52. The summed E-state index contributed by atoms with van der Waals surface area (Å²) in [6.45, 7) is 7.03. The lowest BCUT2D eigenvalue weighted by molar-refractivity contribution is 0.127. The number of rotatable bonds is 8. The van der Waals surface area contributed by atoms with E-state index in [1.807, 2.05) is 7.05 Å². The van der Waals surface area contributed by atoms with Crippen molar-refractivity contribution in [1.29, 1.82) is 0 Å². The molecular formula is C15H25NO. The molecule has 17 heavy (non-hydrogen) atoms. The Morgan fingerprint density at radius 3 is 2.76 bits per heavy atom. The number of benzene rings is 1. The maximum Gasteiger partial charge on any atom is 0.0472 e. The van der Waals surface area contributed by atoms with Crippen LogP contribution in [-0.4, -0.2) is 26.8 Å². The van der Waals surface area contributed by atoms with Crippen molar-refractivity contribution in [3.63, 3.8) is 0 Å². The van der Waals surface area contributed by atoms with E-state index in [4.69, 9.17) is 4.74 Å². The van der Waals surface area contributed by atoms with E-state index in [0.717, 1.165) is 32.6 Å². The highest BCUT2D eigenvalue weighted by molar-refractivity contribution is 5.25. The van der Waals surface area contributed by atoms with Gasteiger partial charge in [-0.1, -0.05) is 36.8 Å². The fraction of sp³-hybridized carbons (Fsp3) is 0.600. The second-order valence-corrected chi connectivity index (χ2v) is 4.57. The monoisotopic (exact) mass is 235 g/mol. The normalized spacial score (nSPS) is 12.6. The first kappa shape index (κ1) is 14.2. The zero-order valence-electron chi connectivity index (χ0n) is 11.3. The van der Waals surface area contributed by atoms with Gasteiger partial charge in [0.05, 0.1) is 0 Å². The Morgan fingerprint density at radius 2 is 2.12 bits per heavy atom. The summed E-state index contributed by atoms with van der Waals surface area (Å²) in [5.74, 6) is 0.553. The molecule has 0 radical (unpaired) electrons. The first-order valence-corrected chi connectivity index (χ1v) is 6.56. The average molecular weight is 235 g/mol. The van der Waals surface area contributed by atoms with E-state index in [1.54, 1.807) is 0 Å². The van der Waals surface area contributed by atoms with Crippen LogP contribution >= 0.6 is 0 Å². The maximum atomic E-state index is 5.58. The number of hydrogen-bond donors (Lipinski definition) is 1. The molecule has 1 N–H and O–H groups in total. The molecule has 1 aromatic rings. The molecule has 0 aromatic heterocycles. The van der Waals surface area contributed by atoms with Gasteiger partial charge in [-0.25, -0.2) is 0 Å². The highest BCUT2D eigenvalue weighted by atomic mass is 16.5. The number of hydrogen-bond acceptors (Lipinski definition) is 2. The van der Waals surface area contributed by atoms with Crippen LogP contribution < -0.4 is 5.32 Å². The molecule has 0 spiro atoms. The van der Waals surface area contributed by atoms with Crippen LogP contribution in [0.3, 0.4) is 0 Å². The van der Waals surface area contributed by atoms with E-state index in [-0.39, 0.29) is 0 Å². The summed E-state index contributed by atoms with van der Waals surface area (Å²) >= 11 is 0. The molecule has 0 heterocycles. The highest BCUT2D eigenvalue weighted by Gasteiger charge is 2.10. The third-order valence-corrected chi connectivity index (χ3v) is 2.92. The van der Waals surface area contributed by atoms with Crippen LogP contribution in [0.1, 0.15) is 36.8 Å². The van der Waals surface area contributed by atoms with Crippen LogP contribution in [0.4, 0.5) is 0 Å². The van der Waals surface area contributed by atoms with Gasteiger partial charge in [-0.3, -0.25) is 0 Å². The predicted molar refractivity (Wildman–Crippen MR) is 73.6 cm³/mol. The molecule has 0 aliphatic carbocycles. The minimum Gasteiger partial charge on any atom is -0.381 e. The number of aryl methyl sites for hydroxylation is 1. The van der Waals surface area contributed by atoms with Gasteiger partial charge in [0.1, 0.15) is 0 Å². The molecule has 1 unspecified atom stereocenters.